The summed E-state index contributed by atoms with van der Waals surface area (Å²) in [4.78, 5) is 2.25. The number of hydrogen-bond donors (Lipinski definition) is 1. The highest BCUT2D eigenvalue weighted by atomic mass is 32.2. The van der Waals surface area contributed by atoms with Crippen LogP contribution in [0.3, 0.4) is 0 Å². The van der Waals surface area contributed by atoms with Crippen LogP contribution in [0, 0.1) is 0 Å². The molecule has 0 amide bonds. The van der Waals surface area contributed by atoms with E-state index in [2.05, 4.69) is 31.0 Å². The number of nitrogens with zero attached hydrogens (tertiary/aromatic N) is 1. The Kier molecular flexibility index (Phi) is 5.41. The predicted octanol–water partition coefficient (Wildman–Crippen LogP) is 0.885. The summed E-state index contributed by atoms with van der Waals surface area (Å²) in [6, 6.07) is 0. The molecule has 5 heteroatoms. The van der Waals surface area contributed by atoms with E-state index in [9.17, 15) is 8.42 Å². The standard InChI is InChI=1S/C12H26N2O2S/c1-4-12(2,3)13-6-8-14-7-5-10-17(15,16)11-9-14/h13H,4-11H2,1-3H3. The minimum absolute atomic E-state index is 0.178. The van der Waals surface area contributed by atoms with Crippen LogP contribution in [0.5, 0.6) is 0 Å². The van der Waals surface area contributed by atoms with Crippen molar-refractivity contribution in [2.75, 3.05) is 37.7 Å². The van der Waals surface area contributed by atoms with Gasteiger partial charge in [0.15, 0.2) is 9.84 Å². The largest absolute Gasteiger partial charge is 0.311 e. The summed E-state index contributed by atoms with van der Waals surface area (Å²) < 4.78 is 22.9. The lowest BCUT2D eigenvalue weighted by atomic mass is 10.0. The maximum atomic E-state index is 11.5. The van der Waals surface area contributed by atoms with Crippen LogP contribution in [0.2, 0.25) is 0 Å². The monoisotopic (exact) mass is 262 g/mol. The minimum atomic E-state index is -2.77. The molecule has 0 spiro atoms. The van der Waals surface area contributed by atoms with Gasteiger partial charge in [-0.3, -0.25) is 0 Å². The van der Waals surface area contributed by atoms with Gasteiger partial charge in [0.25, 0.3) is 0 Å². The van der Waals surface area contributed by atoms with Crippen LogP contribution in [0.15, 0.2) is 0 Å². The van der Waals surface area contributed by atoms with E-state index in [-0.39, 0.29) is 5.54 Å². The summed E-state index contributed by atoms with van der Waals surface area (Å²) in [6.07, 6.45) is 1.88. The molecular formula is C12H26N2O2S. The summed E-state index contributed by atoms with van der Waals surface area (Å²) in [6.45, 7) is 10.0. The van der Waals surface area contributed by atoms with Crippen LogP contribution in [0.4, 0.5) is 0 Å². The molecule has 17 heavy (non-hydrogen) atoms. The minimum Gasteiger partial charge on any atom is -0.311 e. The summed E-state index contributed by atoms with van der Waals surface area (Å²) >= 11 is 0. The first-order valence-electron chi connectivity index (χ1n) is 6.52. The Labute approximate surface area is 106 Å². The van der Waals surface area contributed by atoms with Gasteiger partial charge < -0.3 is 10.2 Å². The molecule has 1 rings (SSSR count). The van der Waals surface area contributed by atoms with Crippen LogP contribution in [0.25, 0.3) is 0 Å². The number of nitrogens with one attached hydrogen (secondary N) is 1. The van der Waals surface area contributed by atoms with Crippen molar-refractivity contribution in [2.45, 2.75) is 39.2 Å². The highest BCUT2D eigenvalue weighted by Crippen LogP contribution is 2.07. The van der Waals surface area contributed by atoms with Crippen molar-refractivity contribution in [3.05, 3.63) is 0 Å². The SMILES string of the molecule is CCC(C)(C)NCCN1CCCS(=O)(=O)CC1. The van der Waals surface area contributed by atoms with Gasteiger partial charge in [0.2, 0.25) is 0 Å². The van der Waals surface area contributed by atoms with Crippen molar-refractivity contribution in [2.24, 2.45) is 0 Å². The third-order valence-electron chi connectivity index (χ3n) is 3.56. The average molecular weight is 262 g/mol. The first-order valence-corrected chi connectivity index (χ1v) is 8.34. The van der Waals surface area contributed by atoms with Crippen LogP contribution in [-0.2, 0) is 9.84 Å². The Morgan fingerprint density at radius 1 is 1.24 bits per heavy atom. The maximum Gasteiger partial charge on any atom is 0.151 e. The zero-order valence-corrected chi connectivity index (χ0v) is 12.1. The molecule has 0 saturated carbocycles. The fourth-order valence-corrected chi connectivity index (χ4v) is 3.20. The topological polar surface area (TPSA) is 49.4 Å². The lowest BCUT2D eigenvalue weighted by molar-refractivity contribution is 0.272. The molecule has 0 radical (unpaired) electrons. The molecule has 0 aromatic rings. The molecule has 0 atom stereocenters. The molecule has 102 valence electrons. The van der Waals surface area contributed by atoms with Crippen LogP contribution in [-0.4, -0.2) is 56.5 Å². The zero-order chi connectivity index (χ0) is 12.9. The van der Waals surface area contributed by atoms with Gasteiger partial charge in [-0.05, 0) is 33.2 Å². The zero-order valence-electron chi connectivity index (χ0n) is 11.3. The molecule has 1 aliphatic rings. The Bertz CT molecular complexity index is 325. The van der Waals surface area contributed by atoms with Crippen molar-refractivity contribution in [1.82, 2.24) is 10.2 Å². The number of rotatable bonds is 5. The van der Waals surface area contributed by atoms with Gasteiger partial charge in [0, 0.05) is 25.2 Å². The van der Waals surface area contributed by atoms with Crippen LogP contribution >= 0.6 is 0 Å². The van der Waals surface area contributed by atoms with Crippen molar-refractivity contribution < 1.29 is 8.42 Å². The van der Waals surface area contributed by atoms with E-state index in [1.807, 2.05) is 0 Å². The van der Waals surface area contributed by atoms with Crippen molar-refractivity contribution in [1.29, 1.82) is 0 Å². The third-order valence-corrected chi connectivity index (χ3v) is 5.28. The lowest BCUT2D eigenvalue weighted by Gasteiger charge is -2.27. The Balaban J connectivity index is 2.29. The molecule has 0 bridgehead atoms. The molecule has 1 N–H and O–H groups in total. The lowest BCUT2D eigenvalue weighted by Crippen LogP contribution is -2.43. The molecule has 1 saturated heterocycles. The second-order valence-electron chi connectivity index (χ2n) is 5.51. The third kappa shape index (κ3) is 5.84. The highest BCUT2D eigenvalue weighted by molar-refractivity contribution is 7.91. The number of sulfone groups is 1. The molecule has 0 unspecified atom stereocenters. The first-order chi connectivity index (χ1) is 7.85. The normalized spacial score (nSPS) is 22.3. The summed E-state index contributed by atoms with van der Waals surface area (Å²) in [5.74, 6) is 0.682. The second kappa shape index (κ2) is 6.16. The molecule has 4 nitrogen and oxygen atoms in total. The first kappa shape index (κ1) is 14.9. The molecule has 1 heterocycles. The summed E-state index contributed by atoms with van der Waals surface area (Å²) in [5.41, 5.74) is 0.178. The molecule has 0 aromatic carbocycles. The van der Waals surface area contributed by atoms with E-state index in [1.54, 1.807) is 0 Å². The predicted molar refractivity (Wildman–Crippen MR) is 72.1 cm³/mol. The smallest absolute Gasteiger partial charge is 0.151 e. The quantitative estimate of drug-likeness (QED) is 0.799. The Morgan fingerprint density at radius 2 is 1.94 bits per heavy atom. The van der Waals surface area contributed by atoms with Gasteiger partial charge >= 0.3 is 0 Å². The van der Waals surface area contributed by atoms with Gasteiger partial charge in [-0.25, -0.2) is 8.42 Å². The van der Waals surface area contributed by atoms with Crippen molar-refractivity contribution in [3.8, 4) is 0 Å². The van der Waals surface area contributed by atoms with Gasteiger partial charge in [-0.15, -0.1) is 0 Å². The molecule has 0 aromatic heterocycles. The van der Waals surface area contributed by atoms with Crippen molar-refractivity contribution >= 4 is 9.84 Å². The fraction of sp³-hybridized carbons (Fsp3) is 1.00. The Morgan fingerprint density at radius 3 is 2.59 bits per heavy atom. The van der Waals surface area contributed by atoms with Gasteiger partial charge in [-0.2, -0.15) is 0 Å². The highest BCUT2D eigenvalue weighted by Gasteiger charge is 2.19. The van der Waals surface area contributed by atoms with E-state index >= 15 is 0 Å². The molecule has 1 aliphatic heterocycles. The van der Waals surface area contributed by atoms with Gasteiger partial charge in [0.05, 0.1) is 11.5 Å². The van der Waals surface area contributed by atoms with Gasteiger partial charge in [0.1, 0.15) is 0 Å². The fourth-order valence-electron chi connectivity index (χ4n) is 1.89. The number of hydrogen-bond acceptors (Lipinski definition) is 4. The Hall–Kier alpha value is -0.130. The summed E-state index contributed by atoms with van der Waals surface area (Å²) in [7, 11) is -2.77. The van der Waals surface area contributed by atoms with Crippen LogP contribution in [0.1, 0.15) is 33.6 Å². The van der Waals surface area contributed by atoms with E-state index in [1.165, 1.54) is 0 Å². The van der Waals surface area contributed by atoms with E-state index in [4.69, 9.17) is 0 Å². The van der Waals surface area contributed by atoms with E-state index in [0.29, 0.717) is 18.1 Å². The van der Waals surface area contributed by atoms with Gasteiger partial charge in [-0.1, -0.05) is 6.92 Å². The molecular weight excluding hydrogens is 236 g/mol. The molecule has 0 aliphatic carbocycles. The van der Waals surface area contributed by atoms with E-state index in [0.717, 1.165) is 32.5 Å². The average Bonchev–Trinajstić information content (AvgIpc) is 2.40. The van der Waals surface area contributed by atoms with Crippen LogP contribution < -0.4 is 5.32 Å². The van der Waals surface area contributed by atoms with E-state index < -0.39 is 9.84 Å². The maximum absolute atomic E-state index is 11.5. The second-order valence-corrected chi connectivity index (χ2v) is 7.81. The molecule has 1 fully saturated rings. The van der Waals surface area contributed by atoms with Crippen molar-refractivity contribution in [3.63, 3.8) is 0 Å². The summed E-state index contributed by atoms with van der Waals surface area (Å²) in [5, 5.41) is 3.51.